The van der Waals surface area contributed by atoms with E-state index in [1.807, 2.05) is 47.4 Å². The van der Waals surface area contributed by atoms with Gasteiger partial charge in [0.05, 0.1) is 0 Å². The predicted octanol–water partition coefficient (Wildman–Crippen LogP) is 2.33. The van der Waals surface area contributed by atoms with Gasteiger partial charge < -0.3 is 9.80 Å². The van der Waals surface area contributed by atoms with Gasteiger partial charge in [0.25, 0.3) is 5.91 Å². The number of pyridine rings is 1. The van der Waals surface area contributed by atoms with E-state index in [0.717, 1.165) is 23.8 Å². The van der Waals surface area contributed by atoms with E-state index in [0.29, 0.717) is 18.7 Å². The number of rotatable bonds is 2. The SMILES string of the molecule is O=C(c1cccc(S)c1)N1CCN(c2ccccn2)CC1. The molecular weight excluding hydrogens is 282 g/mol. The third-order valence-corrected chi connectivity index (χ3v) is 3.91. The Morgan fingerprint density at radius 3 is 2.52 bits per heavy atom. The van der Waals surface area contributed by atoms with E-state index in [1.54, 1.807) is 6.20 Å². The number of hydrogen-bond acceptors (Lipinski definition) is 4. The lowest BCUT2D eigenvalue weighted by Gasteiger charge is -2.35. The van der Waals surface area contributed by atoms with Crippen molar-refractivity contribution in [3.63, 3.8) is 0 Å². The second-order valence-electron chi connectivity index (χ2n) is 5.02. The van der Waals surface area contributed by atoms with E-state index in [9.17, 15) is 4.79 Å². The smallest absolute Gasteiger partial charge is 0.254 e. The lowest BCUT2D eigenvalue weighted by Crippen LogP contribution is -2.49. The van der Waals surface area contributed by atoms with E-state index in [2.05, 4.69) is 22.5 Å². The summed E-state index contributed by atoms with van der Waals surface area (Å²) in [6.45, 7) is 3.05. The topological polar surface area (TPSA) is 36.4 Å². The summed E-state index contributed by atoms with van der Waals surface area (Å²) in [6, 6.07) is 13.3. The molecule has 5 heteroatoms. The lowest BCUT2D eigenvalue weighted by molar-refractivity contribution is 0.0746. The van der Waals surface area contributed by atoms with Gasteiger partial charge in [-0.3, -0.25) is 4.79 Å². The van der Waals surface area contributed by atoms with Gasteiger partial charge in [0, 0.05) is 42.8 Å². The first kappa shape index (κ1) is 13.9. The Morgan fingerprint density at radius 1 is 1.05 bits per heavy atom. The molecule has 2 heterocycles. The minimum Gasteiger partial charge on any atom is -0.353 e. The van der Waals surface area contributed by atoms with Crippen LogP contribution in [0.15, 0.2) is 53.6 Å². The van der Waals surface area contributed by atoms with Crippen molar-refractivity contribution in [2.75, 3.05) is 31.1 Å². The van der Waals surface area contributed by atoms with Gasteiger partial charge in [-0.1, -0.05) is 12.1 Å². The van der Waals surface area contributed by atoms with Crippen LogP contribution in [0.5, 0.6) is 0 Å². The van der Waals surface area contributed by atoms with Crippen LogP contribution in [0.3, 0.4) is 0 Å². The fourth-order valence-electron chi connectivity index (χ4n) is 2.50. The largest absolute Gasteiger partial charge is 0.353 e. The Morgan fingerprint density at radius 2 is 1.86 bits per heavy atom. The minimum absolute atomic E-state index is 0.0755. The molecule has 1 aliphatic heterocycles. The van der Waals surface area contributed by atoms with Gasteiger partial charge >= 0.3 is 0 Å². The van der Waals surface area contributed by atoms with E-state index >= 15 is 0 Å². The number of benzene rings is 1. The van der Waals surface area contributed by atoms with Crippen molar-refractivity contribution < 1.29 is 4.79 Å². The van der Waals surface area contributed by atoms with E-state index in [1.165, 1.54) is 0 Å². The average Bonchev–Trinajstić information content (AvgIpc) is 2.55. The van der Waals surface area contributed by atoms with Crippen LogP contribution < -0.4 is 4.90 Å². The molecule has 1 aromatic carbocycles. The maximum atomic E-state index is 12.5. The Bertz CT molecular complexity index is 624. The van der Waals surface area contributed by atoms with Gasteiger partial charge in [-0.2, -0.15) is 0 Å². The molecule has 0 aliphatic carbocycles. The molecule has 108 valence electrons. The first-order valence-electron chi connectivity index (χ1n) is 6.98. The zero-order chi connectivity index (χ0) is 14.7. The van der Waals surface area contributed by atoms with Crippen LogP contribution in [-0.2, 0) is 0 Å². The maximum Gasteiger partial charge on any atom is 0.254 e. The van der Waals surface area contributed by atoms with Crippen molar-refractivity contribution in [1.29, 1.82) is 0 Å². The molecule has 1 aromatic heterocycles. The number of amides is 1. The maximum absolute atomic E-state index is 12.5. The molecule has 2 aromatic rings. The number of carbonyl (C=O) groups is 1. The summed E-state index contributed by atoms with van der Waals surface area (Å²) in [7, 11) is 0. The van der Waals surface area contributed by atoms with Crippen molar-refractivity contribution in [3.8, 4) is 0 Å². The van der Waals surface area contributed by atoms with E-state index in [-0.39, 0.29) is 5.91 Å². The molecule has 21 heavy (non-hydrogen) atoms. The van der Waals surface area contributed by atoms with Crippen molar-refractivity contribution in [2.24, 2.45) is 0 Å². The average molecular weight is 299 g/mol. The first-order valence-corrected chi connectivity index (χ1v) is 7.43. The number of aromatic nitrogens is 1. The Kier molecular flexibility index (Phi) is 4.10. The molecule has 0 saturated carbocycles. The molecule has 3 rings (SSSR count). The standard InChI is InChI=1S/C16H17N3OS/c20-16(13-4-3-5-14(21)12-13)19-10-8-18(9-11-19)15-6-1-2-7-17-15/h1-7,12,21H,8-11H2. The molecule has 0 unspecified atom stereocenters. The van der Waals surface area contributed by atoms with E-state index < -0.39 is 0 Å². The first-order chi connectivity index (χ1) is 10.2. The predicted molar refractivity (Wildman–Crippen MR) is 86.0 cm³/mol. The molecule has 0 bridgehead atoms. The molecule has 0 radical (unpaired) electrons. The van der Waals surface area contributed by atoms with Crippen LogP contribution in [0, 0.1) is 0 Å². The van der Waals surface area contributed by atoms with Crippen LogP contribution in [0.4, 0.5) is 5.82 Å². The normalized spacial score (nSPS) is 15.1. The van der Waals surface area contributed by atoms with Crippen molar-refractivity contribution in [1.82, 2.24) is 9.88 Å². The third-order valence-electron chi connectivity index (χ3n) is 3.63. The van der Waals surface area contributed by atoms with Crippen LogP contribution in [-0.4, -0.2) is 42.0 Å². The van der Waals surface area contributed by atoms with Gasteiger partial charge in [0.2, 0.25) is 0 Å². The van der Waals surface area contributed by atoms with E-state index in [4.69, 9.17) is 0 Å². The fraction of sp³-hybridized carbons (Fsp3) is 0.250. The zero-order valence-corrected chi connectivity index (χ0v) is 12.5. The monoisotopic (exact) mass is 299 g/mol. The zero-order valence-electron chi connectivity index (χ0n) is 11.6. The number of hydrogen-bond donors (Lipinski definition) is 1. The summed E-state index contributed by atoms with van der Waals surface area (Å²) in [6.07, 6.45) is 1.80. The van der Waals surface area contributed by atoms with Gasteiger partial charge in [-0.15, -0.1) is 12.6 Å². The van der Waals surface area contributed by atoms with Crippen molar-refractivity contribution >= 4 is 24.4 Å². The van der Waals surface area contributed by atoms with Gasteiger partial charge in [-0.05, 0) is 30.3 Å². The summed E-state index contributed by atoms with van der Waals surface area (Å²) in [4.78, 5) is 21.7. The molecule has 1 fully saturated rings. The molecule has 4 nitrogen and oxygen atoms in total. The number of thiol groups is 1. The molecule has 0 atom stereocenters. The lowest BCUT2D eigenvalue weighted by atomic mass is 10.2. The van der Waals surface area contributed by atoms with Crippen LogP contribution >= 0.6 is 12.6 Å². The summed E-state index contributed by atoms with van der Waals surface area (Å²) in [5.74, 6) is 1.05. The second kappa shape index (κ2) is 6.18. The molecule has 0 spiro atoms. The molecule has 1 amide bonds. The number of anilines is 1. The summed E-state index contributed by atoms with van der Waals surface area (Å²) < 4.78 is 0. The highest BCUT2D eigenvalue weighted by atomic mass is 32.1. The van der Waals surface area contributed by atoms with Crippen molar-refractivity contribution in [3.05, 3.63) is 54.2 Å². The number of carbonyl (C=O) groups excluding carboxylic acids is 1. The van der Waals surface area contributed by atoms with Crippen LogP contribution in [0.1, 0.15) is 10.4 Å². The second-order valence-corrected chi connectivity index (χ2v) is 5.53. The minimum atomic E-state index is 0.0755. The summed E-state index contributed by atoms with van der Waals surface area (Å²) in [5.41, 5.74) is 0.703. The summed E-state index contributed by atoms with van der Waals surface area (Å²) >= 11 is 4.29. The molecular formula is C16H17N3OS. The van der Waals surface area contributed by atoms with Gasteiger partial charge in [0.1, 0.15) is 5.82 Å². The highest BCUT2D eigenvalue weighted by Gasteiger charge is 2.22. The molecule has 0 N–H and O–H groups in total. The third kappa shape index (κ3) is 3.19. The van der Waals surface area contributed by atoms with Crippen LogP contribution in [0.2, 0.25) is 0 Å². The highest BCUT2D eigenvalue weighted by molar-refractivity contribution is 7.80. The fourth-order valence-corrected chi connectivity index (χ4v) is 2.73. The van der Waals surface area contributed by atoms with Crippen LogP contribution in [0.25, 0.3) is 0 Å². The molecule has 1 aliphatic rings. The summed E-state index contributed by atoms with van der Waals surface area (Å²) in [5, 5.41) is 0. The quantitative estimate of drug-likeness (QED) is 0.865. The van der Waals surface area contributed by atoms with Crippen molar-refractivity contribution in [2.45, 2.75) is 4.90 Å². The van der Waals surface area contributed by atoms with Gasteiger partial charge in [0.15, 0.2) is 0 Å². The Labute approximate surface area is 129 Å². The molecule has 1 saturated heterocycles. The highest BCUT2D eigenvalue weighted by Crippen LogP contribution is 2.16. The number of nitrogens with zero attached hydrogens (tertiary/aromatic N) is 3. The van der Waals surface area contributed by atoms with Gasteiger partial charge in [-0.25, -0.2) is 4.98 Å². The number of piperazine rings is 1. The Balaban J connectivity index is 1.64. The Hall–Kier alpha value is -2.01.